The van der Waals surface area contributed by atoms with Crippen LogP contribution in [0, 0.1) is 11.3 Å². The largest absolute Gasteiger partial charge is 0.481 e. The van der Waals surface area contributed by atoms with E-state index in [1.165, 1.54) is 0 Å². The maximum Gasteiger partial charge on any atom is 0.363 e. The van der Waals surface area contributed by atoms with Gasteiger partial charge >= 0.3 is 12.0 Å². The molecule has 39 heavy (non-hydrogen) atoms. The third kappa shape index (κ3) is 8.32. The molecule has 3 aromatic rings. The van der Waals surface area contributed by atoms with Crippen LogP contribution in [0.2, 0.25) is 0 Å². The lowest BCUT2D eigenvalue weighted by atomic mass is 9.97. The van der Waals surface area contributed by atoms with Crippen LogP contribution in [0.5, 0.6) is 0 Å². The van der Waals surface area contributed by atoms with E-state index in [9.17, 15) is 23.1 Å². The van der Waals surface area contributed by atoms with E-state index >= 15 is 0 Å². The number of azo groups is 1. The Morgan fingerprint density at radius 2 is 1.69 bits per heavy atom. The van der Waals surface area contributed by atoms with Crippen LogP contribution in [-0.4, -0.2) is 37.3 Å². The molecule has 0 radical (unpaired) electrons. The molecule has 1 fully saturated rings. The van der Waals surface area contributed by atoms with Crippen molar-refractivity contribution in [1.82, 2.24) is 0 Å². The van der Waals surface area contributed by atoms with Crippen LogP contribution in [0.1, 0.15) is 47.4 Å². The first-order valence-electron chi connectivity index (χ1n) is 12.6. The molecule has 200 valence electrons. The normalized spacial score (nSPS) is 14.0. The Morgan fingerprint density at radius 3 is 2.33 bits per heavy atom. The molecule has 0 heterocycles. The van der Waals surface area contributed by atoms with Gasteiger partial charge < -0.3 is 10.4 Å². The SMILES string of the molecule is N#Cc1ccc(C(CC(=O)O)CS(=O)(=O)c2ccc(CCc3cccc(NC(=O)N=NC4CC4)c3)cc2)cc1. The van der Waals surface area contributed by atoms with Crippen molar-refractivity contribution in [3.63, 3.8) is 0 Å². The van der Waals surface area contributed by atoms with E-state index in [0.29, 0.717) is 29.7 Å². The molecule has 10 heteroatoms. The summed E-state index contributed by atoms with van der Waals surface area (Å²) in [6, 6.07) is 22.0. The standard InChI is InChI=1S/C29H28N4O5S/c30-18-22-6-10-23(11-7-22)24(17-28(34)35)19-39(37,38)27-14-8-20(9-15-27)4-5-21-2-1-3-26(16-21)31-29(36)33-32-25-12-13-25/h1-3,6-11,14-16,24-25H,4-5,12-13,17,19H2,(H,31,36)(H,34,35). The van der Waals surface area contributed by atoms with Gasteiger partial charge in [0, 0.05) is 11.6 Å². The molecule has 0 aromatic heterocycles. The fraction of sp³-hybridized carbons (Fsp3) is 0.276. The predicted molar refractivity (Wildman–Crippen MR) is 145 cm³/mol. The minimum atomic E-state index is -3.76. The molecule has 0 aliphatic heterocycles. The van der Waals surface area contributed by atoms with E-state index in [1.54, 1.807) is 54.6 Å². The number of amides is 2. The molecule has 1 saturated carbocycles. The summed E-state index contributed by atoms with van der Waals surface area (Å²) in [5.41, 5.74) is 3.55. The summed E-state index contributed by atoms with van der Waals surface area (Å²) < 4.78 is 26.3. The van der Waals surface area contributed by atoms with E-state index in [2.05, 4.69) is 15.5 Å². The van der Waals surface area contributed by atoms with Crippen molar-refractivity contribution in [1.29, 1.82) is 5.26 Å². The summed E-state index contributed by atoms with van der Waals surface area (Å²) in [5, 5.41) is 28.6. The Balaban J connectivity index is 1.37. The average molecular weight is 545 g/mol. The Hall–Kier alpha value is -4.36. The summed E-state index contributed by atoms with van der Waals surface area (Å²) in [6.07, 6.45) is 2.95. The molecule has 0 saturated heterocycles. The second-order valence-corrected chi connectivity index (χ2v) is 11.6. The molecule has 0 bridgehead atoms. The molecule has 0 spiro atoms. The lowest BCUT2D eigenvalue weighted by Gasteiger charge is -2.16. The molecule has 1 atom stereocenters. The molecule has 2 N–H and O–H groups in total. The first-order valence-corrected chi connectivity index (χ1v) is 14.2. The number of carboxylic acids is 1. The first-order chi connectivity index (χ1) is 18.7. The highest BCUT2D eigenvalue weighted by atomic mass is 32.2. The van der Waals surface area contributed by atoms with Crippen LogP contribution < -0.4 is 5.32 Å². The monoisotopic (exact) mass is 544 g/mol. The third-order valence-corrected chi connectivity index (χ3v) is 8.21. The summed E-state index contributed by atoms with van der Waals surface area (Å²) in [5.74, 6) is -2.20. The van der Waals surface area contributed by atoms with Crippen LogP contribution in [0.4, 0.5) is 10.5 Å². The Labute approximate surface area is 227 Å². The number of aryl methyl sites for hydroxylation is 2. The van der Waals surface area contributed by atoms with Gasteiger partial charge in [-0.3, -0.25) is 4.79 Å². The van der Waals surface area contributed by atoms with Gasteiger partial charge in [0.25, 0.3) is 0 Å². The van der Waals surface area contributed by atoms with E-state index in [4.69, 9.17) is 5.26 Å². The number of benzene rings is 3. The summed E-state index contributed by atoms with van der Waals surface area (Å²) in [6.45, 7) is 0. The highest BCUT2D eigenvalue weighted by Crippen LogP contribution is 2.26. The molecule has 2 amide bonds. The highest BCUT2D eigenvalue weighted by molar-refractivity contribution is 7.91. The number of carbonyl (C=O) groups excluding carboxylic acids is 1. The molecular formula is C29H28N4O5S. The van der Waals surface area contributed by atoms with E-state index in [1.807, 2.05) is 24.3 Å². The summed E-state index contributed by atoms with van der Waals surface area (Å²) in [4.78, 5) is 23.5. The zero-order valence-corrected chi connectivity index (χ0v) is 22.0. The van der Waals surface area contributed by atoms with Crippen LogP contribution in [0.25, 0.3) is 0 Å². The number of sulfone groups is 1. The van der Waals surface area contributed by atoms with Gasteiger partial charge in [0.1, 0.15) is 0 Å². The van der Waals surface area contributed by atoms with Gasteiger partial charge in [-0.2, -0.15) is 10.4 Å². The summed E-state index contributed by atoms with van der Waals surface area (Å²) in [7, 11) is -3.76. The number of nitriles is 1. The maximum absolute atomic E-state index is 13.1. The molecule has 1 aliphatic carbocycles. The number of aliphatic carboxylic acids is 1. The Bertz CT molecular complexity index is 1510. The zero-order chi connectivity index (χ0) is 27.8. The highest BCUT2D eigenvalue weighted by Gasteiger charge is 2.25. The van der Waals surface area contributed by atoms with Gasteiger partial charge in [0.15, 0.2) is 9.84 Å². The number of nitrogens with zero attached hydrogens (tertiary/aromatic N) is 3. The van der Waals surface area contributed by atoms with E-state index in [-0.39, 0.29) is 23.1 Å². The van der Waals surface area contributed by atoms with Crippen molar-refractivity contribution in [2.75, 3.05) is 11.1 Å². The number of carbonyl (C=O) groups is 2. The predicted octanol–water partition coefficient (Wildman–Crippen LogP) is 5.52. The lowest BCUT2D eigenvalue weighted by molar-refractivity contribution is -0.137. The number of nitrogens with one attached hydrogen (secondary N) is 1. The van der Waals surface area contributed by atoms with Gasteiger partial charge in [-0.05, 0) is 78.8 Å². The molecular weight excluding hydrogens is 516 g/mol. The van der Waals surface area contributed by atoms with Crippen LogP contribution in [0.3, 0.4) is 0 Å². The van der Waals surface area contributed by atoms with E-state index in [0.717, 1.165) is 24.0 Å². The number of urea groups is 1. The van der Waals surface area contributed by atoms with Crippen molar-refractivity contribution >= 4 is 27.5 Å². The van der Waals surface area contributed by atoms with Gasteiger partial charge in [-0.1, -0.05) is 41.5 Å². The Morgan fingerprint density at radius 1 is 1.00 bits per heavy atom. The molecule has 3 aromatic carbocycles. The van der Waals surface area contributed by atoms with Crippen molar-refractivity contribution in [3.8, 4) is 6.07 Å². The number of carboxylic acid groups (broad SMARTS) is 1. The van der Waals surface area contributed by atoms with Crippen molar-refractivity contribution < 1.29 is 23.1 Å². The second kappa shape index (κ2) is 12.5. The fourth-order valence-corrected chi connectivity index (χ4v) is 5.69. The summed E-state index contributed by atoms with van der Waals surface area (Å²) >= 11 is 0. The maximum atomic E-state index is 13.1. The second-order valence-electron chi connectivity index (χ2n) is 9.53. The first kappa shape index (κ1) is 27.7. The fourth-order valence-electron chi connectivity index (χ4n) is 4.10. The molecule has 1 unspecified atom stereocenters. The minimum Gasteiger partial charge on any atom is -0.481 e. The van der Waals surface area contributed by atoms with Crippen molar-refractivity contribution in [2.45, 2.75) is 49.0 Å². The quantitative estimate of drug-likeness (QED) is 0.304. The van der Waals surface area contributed by atoms with Crippen molar-refractivity contribution in [2.24, 2.45) is 10.2 Å². The third-order valence-electron chi connectivity index (χ3n) is 6.37. The van der Waals surface area contributed by atoms with Gasteiger partial charge in [0.05, 0.1) is 34.7 Å². The zero-order valence-electron chi connectivity index (χ0n) is 21.2. The number of rotatable bonds is 11. The van der Waals surface area contributed by atoms with Crippen molar-refractivity contribution in [3.05, 3.63) is 95.1 Å². The van der Waals surface area contributed by atoms with Gasteiger partial charge in [0.2, 0.25) is 0 Å². The number of hydrogen-bond acceptors (Lipinski definition) is 6. The molecule has 9 nitrogen and oxygen atoms in total. The smallest absolute Gasteiger partial charge is 0.363 e. The van der Waals surface area contributed by atoms with Crippen LogP contribution in [0.15, 0.2) is 87.9 Å². The van der Waals surface area contributed by atoms with Gasteiger partial charge in [-0.15, -0.1) is 0 Å². The van der Waals surface area contributed by atoms with Crippen LogP contribution >= 0.6 is 0 Å². The van der Waals surface area contributed by atoms with Crippen LogP contribution in [-0.2, 0) is 27.5 Å². The lowest BCUT2D eigenvalue weighted by Crippen LogP contribution is -2.18. The number of hydrogen-bond donors (Lipinski definition) is 2. The topological polar surface area (TPSA) is 149 Å². The minimum absolute atomic E-state index is 0.125. The van der Waals surface area contributed by atoms with Gasteiger partial charge in [-0.25, -0.2) is 13.2 Å². The van der Waals surface area contributed by atoms with E-state index < -0.39 is 27.8 Å². The average Bonchev–Trinajstić information content (AvgIpc) is 3.75. The molecule has 1 aliphatic rings. The molecule has 4 rings (SSSR count). The number of anilines is 1. The Kier molecular flexibility index (Phi) is 8.84.